The van der Waals surface area contributed by atoms with Gasteiger partial charge >= 0.3 is 0 Å². The van der Waals surface area contributed by atoms with Crippen LogP contribution in [0.2, 0.25) is 18.1 Å². The van der Waals surface area contributed by atoms with Gasteiger partial charge in [0.1, 0.15) is 0 Å². The maximum atomic E-state index is 5.59. The fourth-order valence-electron chi connectivity index (χ4n) is 2.50. The number of hydrogen-bond acceptors (Lipinski definition) is 5. The lowest BCUT2D eigenvalue weighted by Gasteiger charge is -2.31. The summed E-state index contributed by atoms with van der Waals surface area (Å²) in [6.07, 6.45) is 1.41. The number of ether oxygens (including phenoxy) is 4. The molecule has 0 aromatic heterocycles. The van der Waals surface area contributed by atoms with E-state index in [1.54, 1.807) is 14.2 Å². The predicted molar refractivity (Wildman–Crippen MR) is 113 cm³/mol. The lowest BCUT2D eigenvalue weighted by Crippen LogP contribution is -2.34. The van der Waals surface area contributed by atoms with Crippen LogP contribution in [0.4, 0.5) is 0 Å². The summed E-state index contributed by atoms with van der Waals surface area (Å²) in [5.74, 6) is 4.81. The molecule has 1 aromatic rings. The Bertz CT molecular complexity index is 697. The highest BCUT2D eigenvalue weighted by Gasteiger charge is 2.35. The van der Waals surface area contributed by atoms with Gasteiger partial charge in [0.2, 0.25) is 0 Å². The van der Waals surface area contributed by atoms with E-state index in [0.717, 1.165) is 24.0 Å². The molecule has 0 N–H and O–H groups in total. The van der Waals surface area contributed by atoms with E-state index in [4.69, 9.17) is 23.6 Å². The molecule has 27 heavy (non-hydrogen) atoms. The Morgan fingerprint density at radius 2 is 1.78 bits per heavy atom. The monoisotopic (exact) mass is 391 g/mol. The molecular weight excluding hydrogens is 358 g/mol. The molecule has 1 aromatic carbocycles. The number of nitrogens with zero attached hydrogens (tertiary/aromatic N) is 1. The largest absolute Gasteiger partial charge is 0.493 e. The van der Waals surface area contributed by atoms with Crippen molar-refractivity contribution in [1.29, 1.82) is 0 Å². The SMILES string of the molecule is COc1ccc(C(=C=N[Si](C)(C)C(C)(C)C)CCC2OCCO2)cc1OC. The third kappa shape index (κ3) is 5.69. The predicted octanol–water partition coefficient (Wildman–Crippen LogP) is 4.92. The quantitative estimate of drug-likeness (QED) is 0.489. The van der Waals surface area contributed by atoms with Crippen molar-refractivity contribution in [2.45, 2.75) is 58.0 Å². The summed E-state index contributed by atoms with van der Waals surface area (Å²) in [5, 5.41) is 0.167. The van der Waals surface area contributed by atoms with E-state index >= 15 is 0 Å². The minimum atomic E-state index is -1.83. The lowest BCUT2D eigenvalue weighted by atomic mass is 10.0. The Hall–Kier alpha value is -1.59. The molecule has 1 aliphatic rings. The van der Waals surface area contributed by atoms with Crippen LogP contribution >= 0.6 is 0 Å². The molecular formula is C21H33NO4Si. The Morgan fingerprint density at radius 1 is 1.15 bits per heavy atom. The summed E-state index contributed by atoms with van der Waals surface area (Å²) in [4.78, 5) is 0. The van der Waals surface area contributed by atoms with Crippen LogP contribution in [-0.2, 0) is 9.47 Å². The highest BCUT2D eigenvalue weighted by Crippen LogP contribution is 2.37. The second kappa shape index (κ2) is 9.07. The fraction of sp³-hybridized carbons (Fsp3) is 0.619. The number of benzene rings is 1. The van der Waals surface area contributed by atoms with Crippen molar-refractivity contribution in [2.75, 3.05) is 27.4 Å². The molecule has 0 unspecified atom stereocenters. The lowest BCUT2D eigenvalue weighted by molar-refractivity contribution is -0.0453. The van der Waals surface area contributed by atoms with Crippen LogP contribution in [0.5, 0.6) is 11.5 Å². The molecule has 0 atom stereocenters. The van der Waals surface area contributed by atoms with Crippen LogP contribution in [0.1, 0.15) is 39.2 Å². The van der Waals surface area contributed by atoms with Gasteiger partial charge in [0.05, 0.1) is 27.4 Å². The second-order valence-electron chi connectivity index (χ2n) is 8.29. The summed E-state index contributed by atoms with van der Waals surface area (Å²) in [6.45, 7) is 12.6. The Kier molecular flexibility index (Phi) is 7.29. The average molecular weight is 392 g/mol. The molecule has 0 radical (unpaired) electrons. The molecule has 0 aliphatic carbocycles. The molecule has 0 spiro atoms. The summed E-state index contributed by atoms with van der Waals surface area (Å²) < 4.78 is 27.0. The molecule has 0 saturated carbocycles. The van der Waals surface area contributed by atoms with E-state index in [2.05, 4.69) is 39.7 Å². The van der Waals surface area contributed by atoms with Crippen molar-refractivity contribution >= 4 is 19.7 Å². The first-order valence-electron chi connectivity index (χ1n) is 9.47. The highest BCUT2D eigenvalue weighted by atomic mass is 28.3. The van der Waals surface area contributed by atoms with Gasteiger partial charge in [0.25, 0.3) is 0 Å². The fourth-order valence-corrected chi connectivity index (χ4v) is 3.25. The van der Waals surface area contributed by atoms with Gasteiger partial charge in [0.15, 0.2) is 26.0 Å². The number of methoxy groups -OCH3 is 2. The van der Waals surface area contributed by atoms with Crippen LogP contribution in [-0.4, -0.2) is 47.8 Å². The molecule has 0 amide bonds. The summed E-state index contributed by atoms with van der Waals surface area (Å²) in [5.41, 5.74) is 2.08. The van der Waals surface area contributed by atoms with Crippen LogP contribution in [0, 0.1) is 0 Å². The molecule has 1 saturated heterocycles. The molecule has 1 aliphatic heterocycles. The molecule has 2 rings (SSSR count). The molecule has 150 valence electrons. The van der Waals surface area contributed by atoms with E-state index in [-0.39, 0.29) is 11.3 Å². The van der Waals surface area contributed by atoms with Gasteiger partial charge in [-0.1, -0.05) is 26.8 Å². The van der Waals surface area contributed by atoms with Crippen molar-refractivity contribution in [1.82, 2.24) is 0 Å². The smallest absolute Gasteiger partial charge is 0.193 e. The number of allylic oxidation sites excluding steroid dienone is 1. The third-order valence-corrected chi connectivity index (χ3v) is 9.70. The molecule has 0 bridgehead atoms. The Labute approximate surface area is 164 Å². The summed E-state index contributed by atoms with van der Waals surface area (Å²) in [6, 6.07) is 5.94. The van der Waals surface area contributed by atoms with Gasteiger partial charge in [-0.05, 0) is 48.1 Å². The van der Waals surface area contributed by atoms with Gasteiger partial charge < -0.3 is 18.9 Å². The first kappa shape index (κ1) is 21.7. The third-order valence-electron chi connectivity index (χ3n) is 5.36. The maximum Gasteiger partial charge on any atom is 0.193 e. The van der Waals surface area contributed by atoms with Gasteiger partial charge in [-0.2, -0.15) is 0 Å². The highest BCUT2D eigenvalue weighted by molar-refractivity contribution is 6.79. The molecule has 5 nitrogen and oxygen atoms in total. The molecule has 1 fully saturated rings. The standard InChI is InChI=1S/C21H33NO4Si/c1-21(2,3)27(6,7)22-15-17(9-11-20-25-12-13-26-20)16-8-10-18(23-4)19(14-16)24-5/h8,10,14,20H,9,11-13H2,1-7H3. The van der Waals surface area contributed by atoms with E-state index in [1.807, 2.05) is 18.2 Å². The number of rotatable bonds is 7. The topological polar surface area (TPSA) is 49.3 Å². The Morgan fingerprint density at radius 3 is 2.33 bits per heavy atom. The van der Waals surface area contributed by atoms with Crippen LogP contribution in [0.25, 0.3) is 5.57 Å². The summed E-state index contributed by atoms with van der Waals surface area (Å²) >= 11 is 0. The second-order valence-corrected chi connectivity index (χ2v) is 13.1. The van der Waals surface area contributed by atoms with Crippen molar-refractivity contribution < 1.29 is 18.9 Å². The Balaban J connectivity index is 2.38. The maximum absolute atomic E-state index is 5.59. The summed E-state index contributed by atoms with van der Waals surface area (Å²) in [7, 11) is 1.46. The van der Waals surface area contributed by atoms with E-state index < -0.39 is 8.24 Å². The van der Waals surface area contributed by atoms with Crippen LogP contribution < -0.4 is 9.47 Å². The number of hydrogen-bond donors (Lipinski definition) is 0. The van der Waals surface area contributed by atoms with E-state index in [1.165, 1.54) is 0 Å². The van der Waals surface area contributed by atoms with Gasteiger partial charge in [0, 0.05) is 12.0 Å². The zero-order valence-electron chi connectivity index (χ0n) is 17.7. The van der Waals surface area contributed by atoms with Crippen molar-refractivity contribution in [3.63, 3.8) is 0 Å². The minimum Gasteiger partial charge on any atom is -0.493 e. The van der Waals surface area contributed by atoms with Gasteiger partial charge in [-0.15, -0.1) is 0 Å². The first-order valence-corrected chi connectivity index (χ1v) is 12.4. The van der Waals surface area contributed by atoms with Crippen LogP contribution in [0.3, 0.4) is 0 Å². The first-order chi connectivity index (χ1) is 12.7. The van der Waals surface area contributed by atoms with Gasteiger partial charge in [-0.25, -0.2) is 0 Å². The normalized spacial score (nSPS) is 15.4. The zero-order chi connectivity index (χ0) is 20.1. The van der Waals surface area contributed by atoms with Crippen LogP contribution in [0.15, 0.2) is 22.9 Å². The average Bonchev–Trinajstić information content (AvgIpc) is 3.13. The van der Waals surface area contributed by atoms with Gasteiger partial charge in [-0.3, -0.25) is 4.66 Å². The molecule has 6 heteroatoms. The van der Waals surface area contributed by atoms with Crippen molar-refractivity contribution in [3.8, 4) is 11.5 Å². The van der Waals surface area contributed by atoms with E-state index in [9.17, 15) is 0 Å². The molecule has 1 heterocycles. The van der Waals surface area contributed by atoms with Crippen molar-refractivity contribution in [2.24, 2.45) is 4.66 Å². The zero-order valence-corrected chi connectivity index (χ0v) is 18.7. The van der Waals surface area contributed by atoms with Crippen molar-refractivity contribution in [3.05, 3.63) is 23.8 Å². The van der Waals surface area contributed by atoms with E-state index in [0.29, 0.717) is 24.7 Å². The minimum absolute atomic E-state index is 0.144.